The highest BCUT2D eigenvalue weighted by molar-refractivity contribution is 7.99. The van der Waals surface area contributed by atoms with E-state index in [-0.39, 0.29) is 5.91 Å². The lowest BCUT2D eigenvalue weighted by Crippen LogP contribution is -2.27. The molecule has 3 N–H and O–H groups in total. The molecule has 0 atom stereocenters. The van der Waals surface area contributed by atoms with Gasteiger partial charge in [0.05, 0.1) is 12.3 Å². The van der Waals surface area contributed by atoms with Crippen molar-refractivity contribution in [3.8, 4) is 0 Å². The quantitative estimate of drug-likeness (QED) is 0.707. The first-order chi connectivity index (χ1) is 9.61. The Balaban J connectivity index is 1.81. The zero-order chi connectivity index (χ0) is 14.5. The molecule has 112 valence electrons. The number of nitrogens with two attached hydrogens (primary N) is 1. The molecule has 2 rings (SSSR count). The Bertz CT molecular complexity index is 456. The van der Waals surface area contributed by atoms with Crippen LogP contribution in [0.3, 0.4) is 0 Å². The molecule has 0 aromatic carbocycles. The van der Waals surface area contributed by atoms with Crippen molar-refractivity contribution in [2.45, 2.75) is 50.9 Å². The number of nitrogens with one attached hydrogen (secondary N) is 1. The first-order valence-electron chi connectivity index (χ1n) is 7.15. The molecule has 7 heteroatoms. The van der Waals surface area contributed by atoms with Crippen LogP contribution in [0.2, 0.25) is 0 Å². The highest BCUT2D eigenvalue weighted by Gasteiger charge is 2.29. The Hall–Kier alpha value is -1.08. The molecule has 0 bridgehead atoms. The third-order valence-corrected chi connectivity index (χ3v) is 4.15. The van der Waals surface area contributed by atoms with Gasteiger partial charge in [-0.25, -0.2) is 0 Å². The van der Waals surface area contributed by atoms with E-state index in [1.165, 1.54) is 11.8 Å². The largest absolute Gasteiger partial charge is 0.355 e. The lowest BCUT2D eigenvalue weighted by atomic mass is 10.1. The molecule has 1 aromatic heterocycles. The van der Waals surface area contributed by atoms with Crippen molar-refractivity contribution in [2.24, 2.45) is 11.7 Å². The van der Waals surface area contributed by atoms with Crippen molar-refractivity contribution in [2.75, 3.05) is 12.3 Å². The molecule has 1 aromatic rings. The van der Waals surface area contributed by atoms with Crippen LogP contribution in [0.4, 0.5) is 0 Å². The fraction of sp³-hybridized carbons (Fsp3) is 0.769. The Morgan fingerprint density at radius 1 is 1.50 bits per heavy atom. The average molecular weight is 297 g/mol. The number of thioether (sulfide) groups is 1. The number of carbonyl (C=O) groups excluding carboxylic acids is 1. The summed E-state index contributed by atoms with van der Waals surface area (Å²) in [6.07, 6.45) is 3.31. The summed E-state index contributed by atoms with van der Waals surface area (Å²) >= 11 is 1.44. The van der Waals surface area contributed by atoms with E-state index in [1.807, 2.05) is 0 Å². The van der Waals surface area contributed by atoms with Crippen LogP contribution in [0, 0.1) is 5.92 Å². The molecule has 1 fully saturated rings. The minimum Gasteiger partial charge on any atom is -0.355 e. The van der Waals surface area contributed by atoms with Crippen LogP contribution in [0.25, 0.3) is 0 Å². The van der Waals surface area contributed by atoms with Gasteiger partial charge in [-0.1, -0.05) is 25.6 Å². The molecule has 0 radical (unpaired) electrons. The lowest BCUT2D eigenvalue weighted by molar-refractivity contribution is -0.118. The maximum absolute atomic E-state index is 11.8. The van der Waals surface area contributed by atoms with Crippen molar-refractivity contribution in [1.82, 2.24) is 20.1 Å². The first-order valence-corrected chi connectivity index (χ1v) is 8.13. The number of hydrogen-bond donors (Lipinski definition) is 2. The lowest BCUT2D eigenvalue weighted by Gasteiger charge is -2.08. The molecule has 1 amide bonds. The van der Waals surface area contributed by atoms with Crippen LogP contribution in [0.15, 0.2) is 5.16 Å². The monoisotopic (exact) mass is 297 g/mol. The SMILES string of the molecule is CC(C)CCNC(=O)CSc1nnc(CN)n1C1CC1. The summed E-state index contributed by atoms with van der Waals surface area (Å²) in [7, 11) is 0. The fourth-order valence-corrected chi connectivity index (χ4v) is 2.78. The van der Waals surface area contributed by atoms with E-state index in [0.29, 0.717) is 24.3 Å². The third kappa shape index (κ3) is 4.21. The van der Waals surface area contributed by atoms with Gasteiger partial charge in [0.25, 0.3) is 0 Å². The number of hydrogen-bond acceptors (Lipinski definition) is 5. The fourth-order valence-electron chi connectivity index (χ4n) is 1.93. The topological polar surface area (TPSA) is 85.8 Å². The smallest absolute Gasteiger partial charge is 0.230 e. The van der Waals surface area contributed by atoms with Crippen LogP contribution in [-0.4, -0.2) is 33.0 Å². The van der Waals surface area contributed by atoms with Crippen LogP contribution < -0.4 is 11.1 Å². The predicted octanol–water partition coefficient (Wildman–Crippen LogP) is 1.33. The number of carbonyl (C=O) groups is 1. The summed E-state index contributed by atoms with van der Waals surface area (Å²) in [5.74, 6) is 1.85. The van der Waals surface area contributed by atoms with Gasteiger partial charge in [0, 0.05) is 12.6 Å². The zero-order valence-electron chi connectivity index (χ0n) is 12.1. The Labute approximate surface area is 123 Å². The van der Waals surface area contributed by atoms with Crippen molar-refractivity contribution in [1.29, 1.82) is 0 Å². The Kier molecular flexibility index (Phi) is 5.42. The molecule has 1 saturated carbocycles. The molecule has 1 aliphatic rings. The van der Waals surface area contributed by atoms with Crippen LogP contribution in [0.5, 0.6) is 0 Å². The van der Waals surface area contributed by atoms with Crippen LogP contribution >= 0.6 is 11.8 Å². The van der Waals surface area contributed by atoms with Gasteiger partial charge in [-0.15, -0.1) is 10.2 Å². The first kappa shape index (κ1) is 15.3. The summed E-state index contributed by atoms with van der Waals surface area (Å²) in [4.78, 5) is 11.8. The highest BCUT2D eigenvalue weighted by atomic mass is 32.2. The third-order valence-electron chi connectivity index (χ3n) is 3.21. The standard InChI is InChI=1S/C13H23N5OS/c1-9(2)5-6-15-12(19)8-20-13-17-16-11(7-14)18(13)10-3-4-10/h9-10H,3-8,14H2,1-2H3,(H,15,19). The molecule has 0 unspecified atom stereocenters. The van der Waals surface area contributed by atoms with Gasteiger partial charge < -0.3 is 15.6 Å². The molecular formula is C13H23N5OS. The van der Waals surface area contributed by atoms with E-state index in [1.54, 1.807) is 0 Å². The molecule has 6 nitrogen and oxygen atoms in total. The predicted molar refractivity (Wildman–Crippen MR) is 79.4 cm³/mol. The van der Waals surface area contributed by atoms with Crippen LogP contribution in [0.1, 0.15) is 45.0 Å². The van der Waals surface area contributed by atoms with Crippen molar-refractivity contribution >= 4 is 17.7 Å². The second-order valence-corrected chi connectivity index (χ2v) is 6.47. The average Bonchev–Trinajstić information content (AvgIpc) is 3.16. The number of rotatable bonds is 8. The van der Waals surface area contributed by atoms with E-state index in [2.05, 4.69) is 33.9 Å². The Morgan fingerprint density at radius 3 is 2.85 bits per heavy atom. The van der Waals surface area contributed by atoms with E-state index in [4.69, 9.17) is 5.73 Å². The Morgan fingerprint density at radius 2 is 2.25 bits per heavy atom. The minimum atomic E-state index is 0.0512. The van der Waals surface area contributed by atoms with Crippen molar-refractivity contribution in [3.63, 3.8) is 0 Å². The molecule has 20 heavy (non-hydrogen) atoms. The maximum atomic E-state index is 11.8. The summed E-state index contributed by atoms with van der Waals surface area (Å²) < 4.78 is 2.09. The van der Waals surface area contributed by atoms with Crippen molar-refractivity contribution < 1.29 is 4.79 Å². The normalized spacial score (nSPS) is 14.8. The molecule has 0 spiro atoms. The van der Waals surface area contributed by atoms with E-state index < -0.39 is 0 Å². The van der Waals surface area contributed by atoms with E-state index in [0.717, 1.165) is 36.8 Å². The summed E-state index contributed by atoms with van der Waals surface area (Å²) in [5.41, 5.74) is 5.67. The van der Waals surface area contributed by atoms with Crippen LogP contribution in [-0.2, 0) is 11.3 Å². The molecular weight excluding hydrogens is 274 g/mol. The van der Waals surface area contributed by atoms with E-state index in [9.17, 15) is 4.79 Å². The molecule has 0 saturated heterocycles. The van der Waals surface area contributed by atoms with Gasteiger partial charge in [0.15, 0.2) is 5.16 Å². The molecule has 1 heterocycles. The second-order valence-electron chi connectivity index (χ2n) is 5.53. The maximum Gasteiger partial charge on any atom is 0.230 e. The zero-order valence-corrected chi connectivity index (χ0v) is 12.9. The summed E-state index contributed by atoms with van der Waals surface area (Å²) in [5, 5.41) is 12.0. The van der Waals surface area contributed by atoms with Gasteiger partial charge in [-0.2, -0.15) is 0 Å². The van der Waals surface area contributed by atoms with Gasteiger partial charge in [0.2, 0.25) is 5.91 Å². The van der Waals surface area contributed by atoms with Gasteiger partial charge in [-0.3, -0.25) is 4.79 Å². The summed E-state index contributed by atoms with van der Waals surface area (Å²) in [6.45, 7) is 5.42. The van der Waals surface area contributed by atoms with Gasteiger partial charge in [0.1, 0.15) is 5.82 Å². The van der Waals surface area contributed by atoms with E-state index >= 15 is 0 Å². The number of nitrogens with zero attached hydrogens (tertiary/aromatic N) is 3. The van der Waals surface area contributed by atoms with Crippen molar-refractivity contribution in [3.05, 3.63) is 5.82 Å². The van der Waals surface area contributed by atoms with Gasteiger partial charge in [-0.05, 0) is 25.2 Å². The van der Waals surface area contributed by atoms with Gasteiger partial charge >= 0.3 is 0 Å². The second kappa shape index (κ2) is 7.08. The molecule has 1 aliphatic carbocycles. The minimum absolute atomic E-state index is 0.0512. The number of aromatic nitrogens is 3. The number of amides is 1. The molecule has 0 aliphatic heterocycles. The summed E-state index contributed by atoms with van der Waals surface area (Å²) in [6, 6.07) is 0.482. The highest BCUT2D eigenvalue weighted by Crippen LogP contribution is 2.38.